The number of methoxy groups -OCH3 is 2. The number of hydrogen-bond donors (Lipinski definition) is 1. The molecule has 2 atom stereocenters. The molecule has 8 heteroatoms. The number of anilines is 1. The highest BCUT2D eigenvalue weighted by molar-refractivity contribution is 6.31. The predicted octanol–water partition coefficient (Wildman–Crippen LogP) is 5.41. The van der Waals surface area contributed by atoms with Gasteiger partial charge in [0.25, 0.3) is 5.91 Å². The zero-order valence-corrected chi connectivity index (χ0v) is 21.7. The summed E-state index contributed by atoms with van der Waals surface area (Å²) < 4.78 is 12.9. The molecule has 4 aromatic rings. The first-order valence-corrected chi connectivity index (χ1v) is 12.4. The number of hydrogen-bond acceptors (Lipinski definition) is 4. The lowest BCUT2D eigenvalue weighted by molar-refractivity contribution is -0.119. The number of benzene rings is 3. The second-order valence-corrected chi connectivity index (χ2v) is 9.48. The molecule has 3 aromatic carbocycles. The van der Waals surface area contributed by atoms with Gasteiger partial charge < -0.3 is 24.3 Å². The van der Waals surface area contributed by atoms with Crippen molar-refractivity contribution in [2.75, 3.05) is 32.7 Å². The van der Waals surface area contributed by atoms with Crippen LogP contribution in [0.5, 0.6) is 5.75 Å². The third-order valence-corrected chi connectivity index (χ3v) is 7.16. The summed E-state index contributed by atoms with van der Waals surface area (Å²) in [4.78, 5) is 29.7. The van der Waals surface area contributed by atoms with Crippen LogP contribution in [0.15, 0.2) is 72.9 Å². The van der Waals surface area contributed by atoms with Crippen molar-refractivity contribution in [2.45, 2.75) is 12.0 Å². The number of aromatic nitrogens is 1. The van der Waals surface area contributed by atoms with Gasteiger partial charge in [0.1, 0.15) is 5.75 Å². The van der Waals surface area contributed by atoms with Crippen LogP contribution in [0.1, 0.15) is 33.4 Å². The second-order valence-electron chi connectivity index (χ2n) is 9.05. The normalized spacial score (nSPS) is 17.1. The van der Waals surface area contributed by atoms with E-state index in [-0.39, 0.29) is 11.8 Å². The van der Waals surface area contributed by atoms with Crippen LogP contribution in [0.3, 0.4) is 0 Å². The molecule has 1 aliphatic heterocycles. The number of amides is 2. The average Bonchev–Trinajstić information content (AvgIpc) is 3.24. The van der Waals surface area contributed by atoms with E-state index in [4.69, 9.17) is 21.1 Å². The van der Waals surface area contributed by atoms with Gasteiger partial charge in [0.15, 0.2) is 0 Å². The van der Waals surface area contributed by atoms with Crippen molar-refractivity contribution in [2.24, 2.45) is 7.05 Å². The number of nitrogens with zero attached hydrogens (tertiary/aromatic N) is 2. The molecule has 2 heterocycles. The van der Waals surface area contributed by atoms with Crippen LogP contribution in [0.25, 0.3) is 10.9 Å². The molecule has 2 amide bonds. The Morgan fingerprint density at radius 1 is 1.03 bits per heavy atom. The minimum Gasteiger partial charge on any atom is -0.495 e. The number of carbonyl (C=O) groups excluding carboxylic acids is 2. The van der Waals surface area contributed by atoms with E-state index >= 15 is 0 Å². The first-order valence-electron chi connectivity index (χ1n) is 12.0. The summed E-state index contributed by atoms with van der Waals surface area (Å²) in [6, 6.07) is 19.8. The number of ether oxygens (including phenoxy) is 2. The fourth-order valence-corrected chi connectivity index (χ4v) is 5.43. The smallest absolute Gasteiger partial charge is 0.254 e. The van der Waals surface area contributed by atoms with Gasteiger partial charge in [-0.3, -0.25) is 9.59 Å². The van der Waals surface area contributed by atoms with Crippen molar-refractivity contribution in [3.05, 3.63) is 94.6 Å². The van der Waals surface area contributed by atoms with Gasteiger partial charge in [0, 0.05) is 54.0 Å². The Balaban J connectivity index is 1.70. The highest BCUT2D eigenvalue weighted by Gasteiger charge is 2.45. The van der Waals surface area contributed by atoms with Crippen molar-refractivity contribution in [1.29, 1.82) is 0 Å². The largest absolute Gasteiger partial charge is 0.495 e. The first-order chi connectivity index (χ1) is 17.9. The summed E-state index contributed by atoms with van der Waals surface area (Å²) in [5.74, 6) is -0.591. The maximum atomic E-state index is 14.2. The van der Waals surface area contributed by atoms with Gasteiger partial charge in [-0.05, 0) is 35.9 Å². The van der Waals surface area contributed by atoms with Crippen LogP contribution in [-0.4, -0.2) is 48.7 Å². The monoisotopic (exact) mass is 517 g/mol. The molecule has 37 heavy (non-hydrogen) atoms. The van der Waals surface area contributed by atoms with E-state index in [1.165, 1.54) is 0 Å². The Hall–Kier alpha value is -3.81. The molecule has 5 rings (SSSR count). The fraction of sp³-hybridized carbons (Fsp3) is 0.241. The SMILES string of the molecule is COCCN1C(=O)c2ccccc2[C@H](C(=O)Nc2cc(Cl)ccc2OC)[C@H]1c1cn(C)c2ccccc12. The zero-order chi connectivity index (χ0) is 26.1. The van der Waals surface area contributed by atoms with Gasteiger partial charge in [0.2, 0.25) is 5.91 Å². The molecule has 0 aliphatic carbocycles. The first kappa shape index (κ1) is 24.9. The van der Waals surface area contributed by atoms with Crippen molar-refractivity contribution in [3.63, 3.8) is 0 Å². The van der Waals surface area contributed by atoms with Crippen molar-refractivity contribution < 1.29 is 19.1 Å². The molecule has 0 bridgehead atoms. The fourth-order valence-electron chi connectivity index (χ4n) is 5.25. The molecule has 7 nitrogen and oxygen atoms in total. The molecule has 1 N–H and O–H groups in total. The summed E-state index contributed by atoms with van der Waals surface area (Å²) in [5.41, 5.74) is 3.57. The third-order valence-electron chi connectivity index (χ3n) is 6.92. The number of aryl methyl sites for hydroxylation is 1. The van der Waals surface area contributed by atoms with Gasteiger partial charge in [-0.25, -0.2) is 0 Å². The quantitative estimate of drug-likeness (QED) is 0.356. The van der Waals surface area contributed by atoms with Gasteiger partial charge in [-0.2, -0.15) is 0 Å². The van der Waals surface area contributed by atoms with E-state index in [0.29, 0.717) is 40.7 Å². The van der Waals surface area contributed by atoms with Gasteiger partial charge in [-0.1, -0.05) is 48.0 Å². The van der Waals surface area contributed by atoms with Gasteiger partial charge >= 0.3 is 0 Å². The molecule has 1 aromatic heterocycles. The summed E-state index contributed by atoms with van der Waals surface area (Å²) in [6.07, 6.45) is 2.01. The Morgan fingerprint density at radius 2 is 1.78 bits per heavy atom. The molecule has 0 spiro atoms. The van der Waals surface area contributed by atoms with Crippen LogP contribution >= 0.6 is 11.6 Å². The Kier molecular flexibility index (Phi) is 6.91. The number of para-hydroxylation sites is 1. The molecule has 0 radical (unpaired) electrons. The topological polar surface area (TPSA) is 72.8 Å². The molecule has 0 saturated heterocycles. The lowest BCUT2D eigenvalue weighted by Crippen LogP contribution is -2.47. The maximum Gasteiger partial charge on any atom is 0.254 e. The van der Waals surface area contributed by atoms with Crippen molar-refractivity contribution in [3.8, 4) is 5.75 Å². The van der Waals surface area contributed by atoms with Gasteiger partial charge in [-0.15, -0.1) is 0 Å². The Morgan fingerprint density at radius 3 is 2.57 bits per heavy atom. The van der Waals surface area contributed by atoms with E-state index in [9.17, 15) is 9.59 Å². The highest BCUT2D eigenvalue weighted by atomic mass is 35.5. The van der Waals surface area contributed by atoms with E-state index < -0.39 is 12.0 Å². The number of fused-ring (bicyclic) bond motifs is 2. The van der Waals surface area contributed by atoms with Crippen molar-refractivity contribution >= 4 is 40.0 Å². The zero-order valence-electron chi connectivity index (χ0n) is 20.9. The van der Waals surface area contributed by atoms with Crippen LogP contribution in [0.2, 0.25) is 5.02 Å². The maximum absolute atomic E-state index is 14.2. The Labute approximate surface area is 220 Å². The molecule has 0 saturated carbocycles. The van der Waals surface area contributed by atoms with E-state index in [1.807, 2.05) is 60.3 Å². The molecule has 1 aliphatic rings. The standard InChI is InChI=1S/C29H28ClN3O4/c1-32-17-22(19-8-6-7-11-24(19)32)27-26(28(34)31-23-16-18(30)12-13-25(23)37-3)20-9-4-5-10-21(20)29(35)33(27)14-15-36-2/h4-13,16-17,26-27H,14-15H2,1-3H3,(H,31,34)/t26-,27+/m0/s1. The van der Waals surface area contributed by atoms with E-state index in [0.717, 1.165) is 16.5 Å². The molecule has 0 fully saturated rings. The highest BCUT2D eigenvalue weighted by Crippen LogP contribution is 2.46. The minimum atomic E-state index is -0.694. The lowest BCUT2D eigenvalue weighted by Gasteiger charge is -2.41. The average molecular weight is 518 g/mol. The van der Waals surface area contributed by atoms with Gasteiger partial charge in [0.05, 0.1) is 31.4 Å². The number of nitrogens with one attached hydrogen (secondary N) is 1. The second kappa shape index (κ2) is 10.3. The minimum absolute atomic E-state index is 0.130. The van der Waals surface area contributed by atoms with Crippen LogP contribution in [0.4, 0.5) is 5.69 Å². The summed E-state index contributed by atoms with van der Waals surface area (Å²) in [7, 11) is 5.11. The molecule has 190 valence electrons. The predicted molar refractivity (Wildman–Crippen MR) is 144 cm³/mol. The van der Waals surface area contributed by atoms with Crippen molar-refractivity contribution in [1.82, 2.24) is 9.47 Å². The number of halogens is 1. The summed E-state index contributed by atoms with van der Waals surface area (Å²) in [6.45, 7) is 0.674. The van der Waals surface area contributed by atoms with E-state index in [1.54, 1.807) is 43.4 Å². The van der Waals surface area contributed by atoms with Crippen LogP contribution < -0.4 is 10.1 Å². The van der Waals surface area contributed by atoms with E-state index in [2.05, 4.69) is 5.32 Å². The molecular formula is C29H28ClN3O4. The Bertz CT molecular complexity index is 1480. The number of rotatable bonds is 7. The molecule has 0 unspecified atom stereocenters. The van der Waals surface area contributed by atoms with Crippen LogP contribution in [-0.2, 0) is 16.6 Å². The summed E-state index contributed by atoms with van der Waals surface area (Å²) in [5, 5.41) is 4.50. The third kappa shape index (κ3) is 4.45. The summed E-state index contributed by atoms with van der Waals surface area (Å²) >= 11 is 6.24. The lowest BCUT2D eigenvalue weighted by atomic mass is 9.79. The van der Waals surface area contributed by atoms with Crippen LogP contribution in [0, 0.1) is 0 Å². The molecular weight excluding hydrogens is 490 g/mol. The number of carbonyl (C=O) groups is 2.